The molecule has 1 unspecified atom stereocenters. The normalized spacial score (nSPS) is 20.9. The van der Waals surface area contributed by atoms with Gasteiger partial charge in [-0.05, 0) is 31.6 Å². The van der Waals surface area contributed by atoms with Crippen molar-refractivity contribution in [3.05, 3.63) is 0 Å². The van der Waals surface area contributed by atoms with Gasteiger partial charge in [0.05, 0.1) is 0 Å². The zero-order valence-electron chi connectivity index (χ0n) is 11.8. The molecule has 1 aliphatic rings. The Morgan fingerprint density at radius 3 is 2.65 bits per heavy atom. The Labute approximate surface area is 118 Å². The van der Waals surface area contributed by atoms with Crippen LogP contribution in [-0.2, 0) is 9.59 Å². The van der Waals surface area contributed by atoms with Crippen LogP contribution in [0.3, 0.4) is 0 Å². The number of primary amides is 1. The van der Waals surface area contributed by atoms with Crippen molar-refractivity contribution >= 4 is 17.9 Å². The van der Waals surface area contributed by atoms with Crippen molar-refractivity contribution in [3.8, 4) is 0 Å². The van der Waals surface area contributed by atoms with E-state index in [1.807, 2.05) is 0 Å². The van der Waals surface area contributed by atoms with E-state index in [1.165, 1.54) is 0 Å². The molecule has 0 saturated carbocycles. The van der Waals surface area contributed by atoms with E-state index >= 15 is 0 Å². The average Bonchev–Trinajstić information content (AvgIpc) is 2.58. The minimum Gasteiger partial charge on any atom is -0.480 e. The van der Waals surface area contributed by atoms with Gasteiger partial charge in [-0.3, -0.25) is 4.79 Å². The van der Waals surface area contributed by atoms with Crippen molar-refractivity contribution < 1.29 is 19.5 Å². The lowest BCUT2D eigenvalue weighted by atomic mass is 10.0. The first-order valence-corrected chi connectivity index (χ1v) is 6.96. The van der Waals surface area contributed by atoms with Gasteiger partial charge in [0.1, 0.15) is 6.04 Å². The molecular formula is C13H23N3O4. The summed E-state index contributed by atoms with van der Waals surface area (Å²) in [7, 11) is 0. The minimum absolute atomic E-state index is 0.0145. The van der Waals surface area contributed by atoms with Crippen LogP contribution in [0.5, 0.6) is 0 Å². The van der Waals surface area contributed by atoms with Crippen molar-refractivity contribution in [3.63, 3.8) is 0 Å². The number of amides is 3. The lowest BCUT2D eigenvalue weighted by molar-refractivity contribution is -0.139. The van der Waals surface area contributed by atoms with Gasteiger partial charge < -0.3 is 21.1 Å². The van der Waals surface area contributed by atoms with Crippen LogP contribution in [0, 0.1) is 5.92 Å². The molecule has 2 atom stereocenters. The number of urea groups is 1. The number of nitrogens with two attached hydrogens (primary N) is 1. The van der Waals surface area contributed by atoms with E-state index in [4.69, 9.17) is 10.8 Å². The highest BCUT2D eigenvalue weighted by molar-refractivity contribution is 5.83. The molecule has 1 rings (SSSR count). The number of carbonyl (C=O) groups is 3. The van der Waals surface area contributed by atoms with Crippen LogP contribution in [0.2, 0.25) is 0 Å². The lowest BCUT2D eigenvalue weighted by Crippen LogP contribution is -2.48. The molecule has 0 aromatic carbocycles. The standard InChI is InChI=1S/C13H23N3O4/c1-9-3-2-7-16(8-6-9)13(20)15-10(12(18)19)4-5-11(14)17/h9-10H,2-8H2,1H3,(H2,14,17)(H,15,20)(H,18,19)/t9?,10-/m0/s1. The fourth-order valence-electron chi connectivity index (χ4n) is 2.25. The summed E-state index contributed by atoms with van der Waals surface area (Å²) in [6, 6.07) is -1.45. The van der Waals surface area contributed by atoms with Gasteiger partial charge in [-0.25, -0.2) is 9.59 Å². The number of nitrogens with zero attached hydrogens (tertiary/aromatic N) is 1. The van der Waals surface area contributed by atoms with Gasteiger partial charge in [0.25, 0.3) is 0 Å². The van der Waals surface area contributed by atoms with E-state index in [9.17, 15) is 14.4 Å². The first-order chi connectivity index (χ1) is 9.40. The summed E-state index contributed by atoms with van der Waals surface area (Å²) in [6.07, 6.45) is 2.88. The van der Waals surface area contributed by atoms with Crippen molar-refractivity contribution in [2.75, 3.05) is 13.1 Å². The predicted octanol–water partition coefficient (Wildman–Crippen LogP) is 0.537. The Morgan fingerprint density at radius 1 is 1.35 bits per heavy atom. The predicted molar refractivity (Wildman–Crippen MR) is 73.0 cm³/mol. The second-order valence-corrected chi connectivity index (χ2v) is 5.37. The Balaban J connectivity index is 2.52. The maximum Gasteiger partial charge on any atom is 0.326 e. The SMILES string of the molecule is CC1CCCN(C(=O)N[C@@H](CCC(N)=O)C(=O)O)CC1. The molecule has 0 aromatic rings. The van der Waals surface area contributed by atoms with Crippen molar-refractivity contribution in [1.29, 1.82) is 0 Å². The third kappa shape index (κ3) is 5.46. The maximum absolute atomic E-state index is 12.1. The number of carboxylic acid groups (broad SMARTS) is 1. The highest BCUT2D eigenvalue weighted by atomic mass is 16.4. The molecule has 1 saturated heterocycles. The van der Waals surface area contributed by atoms with Gasteiger partial charge >= 0.3 is 12.0 Å². The van der Waals surface area contributed by atoms with E-state index in [-0.39, 0.29) is 18.9 Å². The van der Waals surface area contributed by atoms with Crippen LogP contribution >= 0.6 is 0 Å². The number of rotatable bonds is 5. The van der Waals surface area contributed by atoms with E-state index in [0.29, 0.717) is 19.0 Å². The summed E-state index contributed by atoms with van der Waals surface area (Å²) in [6.45, 7) is 3.42. The molecule has 7 heteroatoms. The van der Waals surface area contributed by atoms with Gasteiger partial charge in [-0.15, -0.1) is 0 Å². The summed E-state index contributed by atoms with van der Waals surface area (Å²) in [5, 5.41) is 11.5. The van der Waals surface area contributed by atoms with Gasteiger partial charge in [-0.1, -0.05) is 6.92 Å². The number of hydrogen-bond acceptors (Lipinski definition) is 3. The van der Waals surface area contributed by atoms with Crippen LogP contribution in [0.25, 0.3) is 0 Å². The molecule has 114 valence electrons. The van der Waals surface area contributed by atoms with Gasteiger partial charge in [0, 0.05) is 19.5 Å². The summed E-state index contributed by atoms with van der Waals surface area (Å²) < 4.78 is 0. The number of hydrogen-bond donors (Lipinski definition) is 3. The van der Waals surface area contributed by atoms with E-state index in [2.05, 4.69) is 12.2 Å². The molecule has 7 nitrogen and oxygen atoms in total. The summed E-state index contributed by atoms with van der Waals surface area (Å²) in [5.74, 6) is -1.14. The Kier molecular flexibility index (Phi) is 6.27. The average molecular weight is 285 g/mol. The van der Waals surface area contributed by atoms with Crippen molar-refractivity contribution in [1.82, 2.24) is 10.2 Å². The first kappa shape index (κ1) is 16.3. The molecule has 0 spiro atoms. The number of aliphatic carboxylic acids is 1. The molecule has 0 aliphatic carbocycles. The molecule has 0 aromatic heterocycles. The third-order valence-corrected chi connectivity index (χ3v) is 3.58. The first-order valence-electron chi connectivity index (χ1n) is 6.96. The summed E-state index contributed by atoms with van der Waals surface area (Å²) >= 11 is 0. The largest absolute Gasteiger partial charge is 0.480 e. The smallest absolute Gasteiger partial charge is 0.326 e. The van der Waals surface area contributed by atoms with Crippen LogP contribution in [0.1, 0.15) is 39.0 Å². The van der Waals surface area contributed by atoms with Crippen LogP contribution in [0.15, 0.2) is 0 Å². The van der Waals surface area contributed by atoms with E-state index in [0.717, 1.165) is 19.3 Å². The molecular weight excluding hydrogens is 262 g/mol. The maximum atomic E-state index is 12.1. The second kappa shape index (κ2) is 7.72. The molecule has 1 fully saturated rings. The summed E-state index contributed by atoms with van der Waals surface area (Å²) in [4.78, 5) is 35.5. The quantitative estimate of drug-likeness (QED) is 0.684. The molecule has 3 amide bonds. The summed E-state index contributed by atoms with van der Waals surface area (Å²) in [5.41, 5.74) is 5.00. The number of likely N-dealkylation sites (tertiary alicyclic amines) is 1. The van der Waals surface area contributed by atoms with Crippen LogP contribution in [0.4, 0.5) is 4.79 Å². The van der Waals surface area contributed by atoms with Crippen LogP contribution < -0.4 is 11.1 Å². The topological polar surface area (TPSA) is 113 Å². The molecule has 0 bridgehead atoms. The van der Waals surface area contributed by atoms with E-state index < -0.39 is 17.9 Å². The van der Waals surface area contributed by atoms with Gasteiger partial charge in [0.15, 0.2) is 0 Å². The third-order valence-electron chi connectivity index (χ3n) is 3.58. The fourth-order valence-corrected chi connectivity index (χ4v) is 2.25. The monoisotopic (exact) mass is 285 g/mol. The number of carboxylic acids is 1. The molecule has 0 radical (unpaired) electrons. The molecule has 20 heavy (non-hydrogen) atoms. The number of carbonyl (C=O) groups excluding carboxylic acids is 2. The lowest BCUT2D eigenvalue weighted by Gasteiger charge is -2.23. The minimum atomic E-state index is -1.15. The second-order valence-electron chi connectivity index (χ2n) is 5.37. The highest BCUT2D eigenvalue weighted by Crippen LogP contribution is 2.16. The zero-order chi connectivity index (χ0) is 15.1. The van der Waals surface area contributed by atoms with Crippen LogP contribution in [-0.4, -0.2) is 47.0 Å². The fraction of sp³-hybridized carbons (Fsp3) is 0.769. The van der Waals surface area contributed by atoms with Crippen molar-refractivity contribution in [2.24, 2.45) is 11.7 Å². The highest BCUT2D eigenvalue weighted by Gasteiger charge is 2.24. The molecule has 1 aliphatic heterocycles. The van der Waals surface area contributed by atoms with Gasteiger partial charge in [0.2, 0.25) is 5.91 Å². The zero-order valence-corrected chi connectivity index (χ0v) is 11.8. The Hall–Kier alpha value is -1.79. The molecule has 1 heterocycles. The van der Waals surface area contributed by atoms with E-state index in [1.54, 1.807) is 4.90 Å². The number of nitrogens with one attached hydrogen (secondary N) is 1. The Morgan fingerprint density at radius 2 is 2.05 bits per heavy atom. The molecule has 4 N–H and O–H groups in total. The van der Waals surface area contributed by atoms with Gasteiger partial charge in [-0.2, -0.15) is 0 Å². The van der Waals surface area contributed by atoms with Crippen molar-refractivity contribution in [2.45, 2.75) is 45.1 Å². The Bertz CT molecular complexity index is 373.